The van der Waals surface area contributed by atoms with Gasteiger partial charge in [0.05, 0.1) is 6.61 Å². The summed E-state index contributed by atoms with van der Waals surface area (Å²) in [6.45, 7) is 2.81. The lowest BCUT2D eigenvalue weighted by molar-refractivity contribution is -0.144. The second-order valence-electron chi connectivity index (χ2n) is 6.21. The normalized spacial score (nSPS) is 26.4. The van der Waals surface area contributed by atoms with Crippen molar-refractivity contribution < 1.29 is 9.53 Å². The Hall–Kier alpha value is -0.530. The van der Waals surface area contributed by atoms with Crippen LogP contribution in [-0.4, -0.2) is 12.6 Å². The molecule has 1 unspecified atom stereocenters. The molecule has 1 aliphatic rings. The van der Waals surface area contributed by atoms with Gasteiger partial charge in [-0.1, -0.05) is 77.6 Å². The van der Waals surface area contributed by atoms with E-state index in [1.54, 1.807) is 0 Å². The maximum absolute atomic E-state index is 11.6. The molecule has 0 bridgehead atoms. The molecule has 1 aliphatic heterocycles. The molecule has 0 N–H and O–H groups in total. The lowest BCUT2D eigenvalue weighted by Gasteiger charge is -2.10. The maximum Gasteiger partial charge on any atom is 0.306 e. The summed E-state index contributed by atoms with van der Waals surface area (Å²) in [5.41, 5.74) is 0. The summed E-state index contributed by atoms with van der Waals surface area (Å²) < 4.78 is 5.30. The van der Waals surface area contributed by atoms with Crippen LogP contribution in [0.15, 0.2) is 0 Å². The summed E-state index contributed by atoms with van der Waals surface area (Å²) in [6.07, 6.45) is 16.3. The molecule has 1 fully saturated rings. The topological polar surface area (TPSA) is 26.3 Å². The van der Waals surface area contributed by atoms with Gasteiger partial charge in [0, 0.05) is 6.42 Å². The van der Waals surface area contributed by atoms with Crippen LogP contribution in [0, 0.1) is 5.92 Å². The third-order valence-corrected chi connectivity index (χ3v) is 4.12. The van der Waals surface area contributed by atoms with Crippen molar-refractivity contribution >= 4 is 5.97 Å². The van der Waals surface area contributed by atoms with Gasteiger partial charge in [-0.3, -0.25) is 4.79 Å². The molecule has 1 rings (SSSR count). The number of hydrogen-bond donors (Lipinski definition) is 0. The Bertz CT molecular complexity index is 225. The highest BCUT2D eigenvalue weighted by Crippen LogP contribution is 2.17. The molecule has 0 aromatic carbocycles. The van der Waals surface area contributed by atoms with E-state index in [-0.39, 0.29) is 5.97 Å². The van der Waals surface area contributed by atoms with Crippen molar-refractivity contribution in [1.82, 2.24) is 0 Å². The average molecular weight is 268 g/mol. The zero-order valence-electron chi connectivity index (χ0n) is 12.8. The smallest absolute Gasteiger partial charge is 0.306 e. The number of rotatable bonds is 0. The van der Waals surface area contributed by atoms with Gasteiger partial charge in [0.1, 0.15) is 0 Å². The van der Waals surface area contributed by atoms with Crippen LogP contribution in [0.1, 0.15) is 90.4 Å². The predicted molar refractivity (Wildman–Crippen MR) is 80.1 cm³/mol. The van der Waals surface area contributed by atoms with Gasteiger partial charge in [0.25, 0.3) is 0 Å². The van der Waals surface area contributed by atoms with Crippen LogP contribution in [0.25, 0.3) is 0 Å². The molecule has 19 heavy (non-hydrogen) atoms. The van der Waals surface area contributed by atoms with E-state index in [1.807, 2.05) is 0 Å². The van der Waals surface area contributed by atoms with Gasteiger partial charge >= 0.3 is 5.97 Å². The average Bonchev–Trinajstić information content (AvgIpc) is 2.38. The second kappa shape index (κ2) is 11.3. The first-order chi connectivity index (χ1) is 9.29. The molecule has 0 aromatic heterocycles. The lowest BCUT2D eigenvalue weighted by Crippen LogP contribution is -2.10. The van der Waals surface area contributed by atoms with Crippen molar-refractivity contribution in [2.24, 2.45) is 5.92 Å². The van der Waals surface area contributed by atoms with Gasteiger partial charge in [-0.25, -0.2) is 0 Å². The molecule has 1 atom stereocenters. The Kier molecular flexibility index (Phi) is 9.84. The molecule has 0 amide bonds. The van der Waals surface area contributed by atoms with E-state index < -0.39 is 0 Å². The summed E-state index contributed by atoms with van der Waals surface area (Å²) in [5.74, 6) is 0.500. The molecule has 2 heteroatoms. The van der Waals surface area contributed by atoms with E-state index in [0.29, 0.717) is 18.9 Å². The molecular formula is C17H32O2. The van der Waals surface area contributed by atoms with E-state index in [0.717, 1.165) is 6.42 Å². The lowest BCUT2D eigenvalue weighted by atomic mass is 9.99. The van der Waals surface area contributed by atoms with E-state index in [2.05, 4.69) is 6.92 Å². The van der Waals surface area contributed by atoms with Crippen molar-refractivity contribution in [1.29, 1.82) is 0 Å². The Morgan fingerprint density at radius 2 is 1.26 bits per heavy atom. The van der Waals surface area contributed by atoms with Crippen LogP contribution >= 0.6 is 0 Å². The maximum atomic E-state index is 11.6. The molecule has 1 heterocycles. The first-order valence-corrected chi connectivity index (χ1v) is 8.44. The number of ether oxygens (including phenoxy) is 1. The van der Waals surface area contributed by atoms with E-state index in [4.69, 9.17) is 4.74 Å². The summed E-state index contributed by atoms with van der Waals surface area (Å²) >= 11 is 0. The molecule has 0 spiro atoms. The molecule has 112 valence electrons. The fourth-order valence-corrected chi connectivity index (χ4v) is 2.82. The van der Waals surface area contributed by atoms with Gasteiger partial charge in [0.15, 0.2) is 0 Å². The third-order valence-electron chi connectivity index (χ3n) is 4.12. The summed E-state index contributed by atoms with van der Waals surface area (Å²) in [5, 5.41) is 0. The van der Waals surface area contributed by atoms with Gasteiger partial charge in [-0.2, -0.15) is 0 Å². The van der Waals surface area contributed by atoms with Crippen LogP contribution < -0.4 is 0 Å². The molecule has 0 radical (unpaired) electrons. The highest BCUT2D eigenvalue weighted by atomic mass is 16.5. The van der Waals surface area contributed by atoms with Crippen LogP contribution in [0.3, 0.4) is 0 Å². The standard InChI is InChI=1S/C17H32O2/c1-16-13-11-9-7-5-3-2-4-6-8-10-12-14-19-17(18)15-16/h16H,2-15H2,1H3. The number of hydrogen-bond acceptors (Lipinski definition) is 2. The number of cyclic esters (lactones) is 1. The van der Waals surface area contributed by atoms with E-state index in [1.165, 1.54) is 70.6 Å². The summed E-state index contributed by atoms with van der Waals surface area (Å²) in [4.78, 5) is 11.6. The Balaban J connectivity index is 2.21. The molecule has 0 aromatic rings. The van der Waals surface area contributed by atoms with Gasteiger partial charge in [-0.05, 0) is 12.3 Å². The van der Waals surface area contributed by atoms with Crippen molar-refractivity contribution in [3.8, 4) is 0 Å². The van der Waals surface area contributed by atoms with E-state index >= 15 is 0 Å². The zero-order chi connectivity index (χ0) is 13.8. The fourth-order valence-electron chi connectivity index (χ4n) is 2.82. The van der Waals surface area contributed by atoms with Gasteiger partial charge < -0.3 is 4.74 Å². The van der Waals surface area contributed by atoms with Crippen LogP contribution in [0.5, 0.6) is 0 Å². The highest BCUT2D eigenvalue weighted by molar-refractivity contribution is 5.69. The minimum absolute atomic E-state index is 0.0109. The van der Waals surface area contributed by atoms with Crippen molar-refractivity contribution in [3.05, 3.63) is 0 Å². The zero-order valence-corrected chi connectivity index (χ0v) is 12.8. The summed E-state index contributed by atoms with van der Waals surface area (Å²) in [7, 11) is 0. The SMILES string of the molecule is CC1CCCCCCCCCCCCCOC(=O)C1. The van der Waals surface area contributed by atoms with E-state index in [9.17, 15) is 4.79 Å². The van der Waals surface area contributed by atoms with Crippen molar-refractivity contribution in [2.45, 2.75) is 90.4 Å². The first-order valence-electron chi connectivity index (χ1n) is 8.44. The minimum atomic E-state index is 0.0109. The Morgan fingerprint density at radius 1 is 0.789 bits per heavy atom. The number of esters is 1. The Labute approximate surface area is 119 Å². The first kappa shape index (κ1) is 16.5. The summed E-state index contributed by atoms with van der Waals surface area (Å²) in [6, 6.07) is 0. The van der Waals surface area contributed by atoms with Gasteiger partial charge in [0.2, 0.25) is 0 Å². The third kappa shape index (κ3) is 9.98. The number of carbonyl (C=O) groups excluding carboxylic acids is 1. The predicted octanol–water partition coefficient (Wildman–Crippen LogP) is 5.25. The van der Waals surface area contributed by atoms with Gasteiger partial charge in [-0.15, -0.1) is 0 Å². The van der Waals surface area contributed by atoms with Crippen LogP contribution in [0.2, 0.25) is 0 Å². The molecule has 1 saturated heterocycles. The highest BCUT2D eigenvalue weighted by Gasteiger charge is 2.10. The second-order valence-corrected chi connectivity index (χ2v) is 6.21. The molecule has 0 aliphatic carbocycles. The van der Waals surface area contributed by atoms with Crippen LogP contribution in [-0.2, 0) is 9.53 Å². The van der Waals surface area contributed by atoms with Crippen molar-refractivity contribution in [3.63, 3.8) is 0 Å². The fraction of sp³-hybridized carbons (Fsp3) is 0.941. The van der Waals surface area contributed by atoms with Crippen LogP contribution in [0.4, 0.5) is 0 Å². The number of carbonyl (C=O) groups is 1. The largest absolute Gasteiger partial charge is 0.466 e. The monoisotopic (exact) mass is 268 g/mol. The minimum Gasteiger partial charge on any atom is -0.466 e. The van der Waals surface area contributed by atoms with Crippen molar-refractivity contribution in [2.75, 3.05) is 6.61 Å². The quantitative estimate of drug-likeness (QED) is 0.561. The molecule has 2 nitrogen and oxygen atoms in total. The molecular weight excluding hydrogens is 236 g/mol. The Morgan fingerprint density at radius 3 is 1.84 bits per heavy atom. The molecule has 0 saturated carbocycles.